The van der Waals surface area contributed by atoms with Gasteiger partial charge in [-0.05, 0) is 17.7 Å². The molecule has 0 bridgehead atoms. The molecule has 3 amide bonds. The number of nitrogens with zero attached hydrogens (tertiary/aromatic N) is 2. The number of nitrogens with one attached hydrogen (secondary N) is 2. The first-order valence-electron chi connectivity index (χ1n) is 6.67. The van der Waals surface area contributed by atoms with E-state index in [1.54, 1.807) is 12.1 Å². The smallest absolute Gasteiger partial charge is 0.315 e. The number of H-pyrrole nitrogens is 1. The van der Waals surface area contributed by atoms with Crippen LogP contribution in [0, 0.1) is 5.82 Å². The van der Waals surface area contributed by atoms with Crippen molar-refractivity contribution in [2.75, 3.05) is 5.32 Å². The highest BCUT2D eigenvalue weighted by Gasteiger charge is 2.27. The Kier molecular flexibility index (Phi) is 3.50. The molecule has 0 saturated heterocycles. The number of aromatic amines is 1. The lowest BCUT2D eigenvalue weighted by Gasteiger charge is -2.11. The fourth-order valence-electron chi connectivity index (χ4n) is 2.36. The van der Waals surface area contributed by atoms with E-state index in [-0.39, 0.29) is 18.1 Å². The summed E-state index contributed by atoms with van der Waals surface area (Å²) < 4.78 is 12.8. The van der Waals surface area contributed by atoms with Crippen LogP contribution in [0.5, 0.6) is 0 Å². The summed E-state index contributed by atoms with van der Waals surface area (Å²) in [5, 5.41) is 9.51. The maximum Gasteiger partial charge on any atom is 0.315 e. The van der Waals surface area contributed by atoms with Gasteiger partial charge in [-0.1, -0.05) is 12.1 Å². The van der Waals surface area contributed by atoms with Crippen molar-refractivity contribution in [3.05, 3.63) is 46.9 Å². The van der Waals surface area contributed by atoms with Crippen molar-refractivity contribution in [1.82, 2.24) is 15.1 Å². The summed E-state index contributed by atoms with van der Waals surface area (Å²) in [6, 6.07) is 5.20. The number of halogens is 1. The predicted molar refractivity (Wildman–Crippen MR) is 76.2 cm³/mol. The van der Waals surface area contributed by atoms with E-state index >= 15 is 0 Å². The highest BCUT2D eigenvalue weighted by atomic mass is 19.1. The molecule has 0 radical (unpaired) electrons. The second-order valence-electron chi connectivity index (χ2n) is 5.08. The van der Waals surface area contributed by atoms with Crippen molar-refractivity contribution in [2.45, 2.75) is 19.5 Å². The molecule has 22 heavy (non-hydrogen) atoms. The third-order valence-electron chi connectivity index (χ3n) is 3.50. The van der Waals surface area contributed by atoms with E-state index in [4.69, 9.17) is 5.73 Å². The quantitative estimate of drug-likeness (QED) is 0.791. The number of nitrogens with two attached hydrogens (primary N) is 1. The van der Waals surface area contributed by atoms with E-state index in [1.165, 1.54) is 17.0 Å². The van der Waals surface area contributed by atoms with E-state index in [1.807, 2.05) is 0 Å². The lowest BCUT2D eigenvalue weighted by Crippen LogP contribution is -2.31. The largest absolute Gasteiger partial charge is 0.351 e. The Balaban J connectivity index is 1.66. The van der Waals surface area contributed by atoms with Crippen LogP contribution in [0.1, 0.15) is 16.8 Å². The van der Waals surface area contributed by atoms with Crippen LogP contribution in [-0.2, 0) is 24.3 Å². The zero-order chi connectivity index (χ0) is 15.7. The van der Waals surface area contributed by atoms with Crippen molar-refractivity contribution in [3.63, 3.8) is 0 Å². The van der Waals surface area contributed by atoms with E-state index in [9.17, 15) is 14.0 Å². The first-order chi connectivity index (χ1) is 10.5. The highest BCUT2D eigenvalue weighted by Crippen LogP contribution is 2.26. The molecule has 1 aliphatic heterocycles. The topological polar surface area (TPSA) is 104 Å². The normalized spacial score (nSPS) is 13.0. The van der Waals surface area contributed by atoms with Gasteiger partial charge in [0.2, 0.25) is 5.91 Å². The maximum absolute atomic E-state index is 12.8. The Morgan fingerprint density at radius 1 is 1.32 bits per heavy atom. The Bertz CT molecular complexity index is 725. The fraction of sp³-hybridized carbons (Fsp3) is 0.214. The molecule has 1 aromatic heterocycles. The molecule has 114 valence electrons. The molecule has 8 heteroatoms. The first kappa shape index (κ1) is 14.1. The molecule has 1 aromatic carbocycles. The molecule has 2 aromatic rings. The van der Waals surface area contributed by atoms with Gasteiger partial charge in [-0.2, -0.15) is 5.10 Å². The number of benzene rings is 1. The van der Waals surface area contributed by atoms with E-state index in [0.717, 1.165) is 11.3 Å². The van der Waals surface area contributed by atoms with Gasteiger partial charge in [0.25, 0.3) is 0 Å². The molecule has 7 nitrogen and oxygen atoms in total. The number of fused-ring (bicyclic) bond motifs is 1. The number of primary amides is 1. The van der Waals surface area contributed by atoms with Gasteiger partial charge < -0.3 is 16.0 Å². The first-order valence-corrected chi connectivity index (χ1v) is 6.67. The predicted octanol–water partition coefficient (Wildman–Crippen LogP) is 1.12. The van der Waals surface area contributed by atoms with Gasteiger partial charge in [0.05, 0.1) is 25.2 Å². The van der Waals surface area contributed by atoms with E-state index in [0.29, 0.717) is 24.5 Å². The van der Waals surface area contributed by atoms with Gasteiger partial charge in [-0.25, -0.2) is 9.18 Å². The van der Waals surface area contributed by atoms with Crippen LogP contribution in [-0.4, -0.2) is 27.0 Å². The number of anilines is 1. The number of hydrogen-bond acceptors (Lipinski definition) is 3. The van der Waals surface area contributed by atoms with E-state index < -0.39 is 6.03 Å². The van der Waals surface area contributed by atoms with Crippen molar-refractivity contribution in [1.29, 1.82) is 0 Å². The second kappa shape index (κ2) is 5.47. The number of aromatic nitrogens is 2. The lowest BCUT2D eigenvalue weighted by atomic mass is 10.1. The number of amides is 3. The summed E-state index contributed by atoms with van der Waals surface area (Å²) >= 11 is 0. The van der Waals surface area contributed by atoms with Crippen LogP contribution in [0.15, 0.2) is 24.3 Å². The van der Waals surface area contributed by atoms with E-state index in [2.05, 4.69) is 15.5 Å². The Morgan fingerprint density at radius 3 is 2.73 bits per heavy atom. The summed E-state index contributed by atoms with van der Waals surface area (Å²) in [6.07, 6.45) is 0.113. The molecule has 4 N–H and O–H groups in total. The SMILES string of the molecule is NC(=O)N1Cc2[nH]nc(NC(=O)Cc3ccc(F)cc3)c2C1. The molecular weight excluding hydrogens is 289 g/mol. The van der Waals surface area contributed by atoms with Gasteiger partial charge in [-0.3, -0.25) is 9.89 Å². The molecule has 3 rings (SSSR count). The van der Waals surface area contributed by atoms with Crippen molar-refractivity contribution in [2.24, 2.45) is 5.73 Å². The fourth-order valence-corrected chi connectivity index (χ4v) is 2.36. The molecule has 0 spiro atoms. The number of carbonyl (C=O) groups is 2. The Labute approximate surface area is 125 Å². The van der Waals surface area contributed by atoms with Crippen LogP contribution in [0.25, 0.3) is 0 Å². The monoisotopic (exact) mass is 303 g/mol. The van der Waals surface area contributed by atoms with Crippen molar-refractivity contribution >= 4 is 17.8 Å². The summed E-state index contributed by atoms with van der Waals surface area (Å²) in [4.78, 5) is 24.6. The zero-order valence-electron chi connectivity index (χ0n) is 11.6. The van der Waals surface area contributed by atoms with Crippen molar-refractivity contribution < 1.29 is 14.0 Å². The van der Waals surface area contributed by atoms with Crippen LogP contribution < -0.4 is 11.1 Å². The number of urea groups is 1. The summed E-state index contributed by atoms with van der Waals surface area (Å²) in [6.45, 7) is 0.666. The third-order valence-corrected chi connectivity index (χ3v) is 3.50. The average molecular weight is 303 g/mol. The average Bonchev–Trinajstić information content (AvgIpc) is 3.04. The molecule has 0 atom stereocenters. The molecule has 2 heterocycles. The third kappa shape index (κ3) is 2.76. The highest BCUT2D eigenvalue weighted by molar-refractivity contribution is 5.92. The van der Waals surface area contributed by atoms with Gasteiger partial charge in [0.15, 0.2) is 5.82 Å². The standard InChI is InChI=1S/C14H14FN5O2/c15-9-3-1-8(2-4-9)5-12(21)17-13-10-6-20(14(16)22)7-11(10)18-19-13/h1-4H,5-7H2,(H2,16,22)(H2,17,18,19,21). The zero-order valence-corrected chi connectivity index (χ0v) is 11.6. The van der Waals surface area contributed by atoms with Crippen molar-refractivity contribution in [3.8, 4) is 0 Å². The Morgan fingerprint density at radius 2 is 2.05 bits per heavy atom. The van der Waals surface area contributed by atoms with Crippen LogP contribution in [0.4, 0.5) is 15.0 Å². The minimum absolute atomic E-state index is 0.113. The number of rotatable bonds is 3. The lowest BCUT2D eigenvalue weighted by molar-refractivity contribution is -0.115. The molecule has 0 fully saturated rings. The van der Waals surface area contributed by atoms with Gasteiger partial charge in [-0.15, -0.1) is 0 Å². The summed E-state index contributed by atoms with van der Waals surface area (Å²) in [5.74, 6) is -0.217. The minimum Gasteiger partial charge on any atom is -0.351 e. The van der Waals surface area contributed by atoms with Gasteiger partial charge >= 0.3 is 6.03 Å². The van der Waals surface area contributed by atoms with Gasteiger partial charge in [0, 0.05) is 5.56 Å². The number of hydrogen-bond donors (Lipinski definition) is 3. The maximum atomic E-state index is 12.8. The van der Waals surface area contributed by atoms with Gasteiger partial charge in [0.1, 0.15) is 5.82 Å². The second-order valence-corrected chi connectivity index (χ2v) is 5.08. The van der Waals surface area contributed by atoms with Crippen LogP contribution in [0.3, 0.4) is 0 Å². The van der Waals surface area contributed by atoms with Crippen LogP contribution in [0.2, 0.25) is 0 Å². The summed E-state index contributed by atoms with van der Waals surface area (Å²) in [5.41, 5.74) is 7.45. The molecule has 1 aliphatic rings. The minimum atomic E-state index is -0.520. The number of carbonyl (C=O) groups excluding carboxylic acids is 2. The molecular formula is C14H14FN5O2. The molecule has 0 unspecified atom stereocenters. The van der Waals surface area contributed by atoms with Crippen LogP contribution >= 0.6 is 0 Å². The molecule has 0 aliphatic carbocycles. The summed E-state index contributed by atoms with van der Waals surface area (Å²) in [7, 11) is 0. The molecule has 0 saturated carbocycles. The Hall–Kier alpha value is -2.90.